The van der Waals surface area contributed by atoms with Crippen LogP contribution in [0.1, 0.15) is 10.4 Å². The quantitative estimate of drug-likeness (QED) is 0.174. The minimum Gasteiger partial charge on any atom is -0.497 e. The molecule has 0 saturated heterocycles. The van der Waals surface area contributed by atoms with Gasteiger partial charge in [-0.2, -0.15) is 8.42 Å². The molecule has 0 saturated carbocycles. The summed E-state index contributed by atoms with van der Waals surface area (Å²) in [6.07, 6.45) is 5.25. The lowest BCUT2D eigenvalue weighted by molar-refractivity contribution is 0.102. The molecule has 0 aliphatic rings. The Morgan fingerprint density at radius 3 is 2.22 bits per heavy atom. The van der Waals surface area contributed by atoms with Gasteiger partial charge in [-0.1, -0.05) is 18.2 Å². The molecular weight excluding hydrogens is 514 g/mol. The third-order valence-electron chi connectivity index (χ3n) is 4.84. The fraction of sp³-hybridized carbons (Fsp3) is 0.120. The number of anilines is 2. The molecule has 12 heteroatoms. The van der Waals surface area contributed by atoms with Gasteiger partial charge < -0.3 is 15.4 Å². The molecule has 192 valence electrons. The fourth-order valence-corrected chi connectivity index (χ4v) is 4.13. The summed E-state index contributed by atoms with van der Waals surface area (Å²) in [5, 5.41) is 6.46. The first kappa shape index (κ1) is 27.6. The summed E-state index contributed by atoms with van der Waals surface area (Å²) in [6.45, 7) is 0. The standard InChI is InChI=1S/C19H19N5O2S.C6H6O3S/c1-20-17-15(18(25)22-13-6-8-14(26-2)9-7-13)19(27-3)24-16(23-17)12-5-4-10-21-11-12;7-10(8,9)6-4-2-1-3-5-6/h4-11H,1-3H3,(H,22,25)(H,20,23,24);1-5H,(H,7,8,9). The zero-order valence-corrected chi connectivity index (χ0v) is 21.9. The Morgan fingerprint density at radius 1 is 1.00 bits per heavy atom. The first-order valence-corrected chi connectivity index (χ1v) is 13.5. The molecule has 2 aromatic carbocycles. The van der Waals surface area contributed by atoms with Crippen LogP contribution >= 0.6 is 11.8 Å². The van der Waals surface area contributed by atoms with Crippen molar-refractivity contribution in [3.63, 3.8) is 0 Å². The van der Waals surface area contributed by atoms with Crippen LogP contribution in [0.4, 0.5) is 11.5 Å². The maximum Gasteiger partial charge on any atom is 0.294 e. The number of hydrogen-bond donors (Lipinski definition) is 3. The van der Waals surface area contributed by atoms with E-state index in [4.69, 9.17) is 9.29 Å². The molecule has 10 nitrogen and oxygen atoms in total. The maximum atomic E-state index is 12.9. The summed E-state index contributed by atoms with van der Waals surface area (Å²) in [4.78, 5) is 26.0. The highest BCUT2D eigenvalue weighted by Crippen LogP contribution is 2.28. The molecule has 37 heavy (non-hydrogen) atoms. The highest BCUT2D eigenvalue weighted by Gasteiger charge is 2.21. The number of aromatic nitrogens is 3. The van der Waals surface area contributed by atoms with Crippen LogP contribution in [0, 0.1) is 0 Å². The van der Waals surface area contributed by atoms with E-state index in [-0.39, 0.29) is 10.8 Å². The van der Waals surface area contributed by atoms with Gasteiger partial charge in [-0.15, -0.1) is 11.8 Å². The van der Waals surface area contributed by atoms with E-state index >= 15 is 0 Å². The topological polar surface area (TPSA) is 143 Å². The van der Waals surface area contributed by atoms with Gasteiger partial charge >= 0.3 is 0 Å². The molecule has 4 aromatic rings. The van der Waals surface area contributed by atoms with E-state index in [9.17, 15) is 13.2 Å². The Morgan fingerprint density at radius 2 is 1.70 bits per heavy atom. The van der Waals surface area contributed by atoms with Crippen LogP contribution in [0.25, 0.3) is 11.4 Å². The number of methoxy groups -OCH3 is 1. The summed E-state index contributed by atoms with van der Waals surface area (Å²) < 4.78 is 34.4. The zero-order valence-electron chi connectivity index (χ0n) is 20.2. The lowest BCUT2D eigenvalue weighted by atomic mass is 10.2. The van der Waals surface area contributed by atoms with E-state index in [1.54, 1.807) is 69.0 Å². The largest absolute Gasteiger partial charge is 0.497 e. The lowest BCUT2D eigenvalue weighted by Crippen LogP contribution is -2.17. The van der Waals surface area contributed by atoms with Gasteiger partial charge in [0.25, 0.3) is 16.0 Å². The van der Waals surface area contributed by atoms with E-state index in [2.05, 4.69) is 25.6 Å². The van der Waals surface area contributed by atoms with Crippen LogP contribution in [0.5, 0.6) is 5.75 Å². The normalized spacial score (nSPS) is 10.6. The van der Waals surface area contributed by atoms with Crippen LogP contribution in [0.2, 0.25) is 0 Å². The molecule has 0 spiro atoms. The molecule has 3 N–H and O–H groups in total. The third kappa shape index (κ3) is 7.49. The van der Waals surface area contributed by atoms with E-state index in [0.29, 0.717) is 27.9 Å². The van der Waals surface area contributed by atoms with Gasteiger partial charge in [0.2, 0.25) is 0 Å². The van der Waals surface area contributed by atoms with Crippen molar-refractivity contribution < 1.29 is 22.5 Å². The molecule has 2 heterocycles. The van der Waals surface area contributed by atoms with Crippen molar-refractivity contribution in [2.24, 2.45) is 0 Å². The average Bonchev–Trinajstić information content (AvgIpc) is 2.93. The molecule has 0 fully saturated rings. The second-order valence-corrected chi connectivity index (χ2v) is 9.46. The van der Waals surface area contributed by atoms with Gasteiger partial charge in [0, 0.05) is 30.7 Å². The Bertz CT molecular complexity index is 1410. The fourth-order valence-electron chi connectivity index (χ4n) is 3.06. The Kier molecular flexibility index (Phi) is 9.55. The van der Waals surface area contributed by atoms with Crippen molar-refractivity contribution in [2.75, 3.05) is 31.0 Å². The van der Waals surface area contributed by atoms with E-state index < -0.39 is 10.1 Å². The van der Waals surface area contributed by atoms with Crippen molar-refractivity contribution in [3.8, 4) is 17.1 Å². The summed E-state index contributed by atoms with van der Waals surface area (Å²) >= 11 is 1.39. The Balaban J connectivity index is 0.000000319. The Labute approximate surface area is 219 Å². The number of nitrogens with one attached hydrogen (secondary N) is 2. The smallest absolute Gasteiger partial charge is 0.294 e. The molecular formula is C25H25N5O5S2. The third-order valence-corrected chi connectivity index (χ3v) is 6.39. The SMILES string of the molecule is CNc1nc(-c2cccnc2)nc(SC)c1C(=O)Nc1ccc(OC)cc1.O=S(=O)(O)c1ccccc1. The van der Waals surface area contributed by atoms with Crippen molar-refractivity contribution in [1.29, 1.82) is 0 Å². The van der Waals surface area contributed by atoms with Gasteiger partial charge in [0.05, 0.1) is 12.0 Å². The summed E-state index contributed by atoms with van der Waals surface area (Å²) in [6, 6.07) is 18.2. The number of hydrogen-bond acceptors (Lipinski definition) is 9. The van der Waals surface area contributed by atoms with Crippen molar-refractivity contribution >= 4 is 39.3 Å². The first-order chi connectivity index (χ1) is 17.8. The van der Waals surface area contributed by atoms with Crippen molar-refractivity contribution in [1.82, 2.24) is 15.0 Å². The number of nitrogens with zero attached hydrogens (tertiary/aromatic N) is 3. The maximum absolute atomic E-state index is 12.9. The van der Waals surface area contributed by atoms with E-state index in [1.165, 1.54) is 23.9 Å². The molecule has 0 unspecified atom stereocenters. The van der Waals surface area contributed by atoms with Crippen molar-refractivity contribution in [2.45, 2.75) is 9.92 Å². The highest BCUT2D eigenvalue weighted by molar-refractivity contribution is 7.98. The van der Waals surface area contributed by atoms with Gasteiger partial charge in [0.1, 0.15) is 22.2 Å². The predicted octanol–water partition coefficient (Wildman–Crippen LogP) is 4.50. The number of rotatable bonds is 7. The number of thioether (sulfide) groups is 1. The van der Waals surface area contributed by atoms with Crippen LogP contribution in [-0.4, -0.2) is 54.2 Å². The minimum atomic E-state index is -4.00. The zero-order chi connectivity index (χ0) is 26.8. The van der Waals surface area contributed by atoms with Crippen LogP contribution in [0.3, 0.4) is 0 Å². The average molecular weight is 540 g/mol. The summed E-state index contributed by atoms with van der Waals surface area (Å²) in [5.41, 5.74) is 1.84. The summed E-state index contributed by atoms with van der Waals surface area (Å²) in [5.74, 6) is 1.40. The van der Waals surface area contributed by atoms with Gasteiger partial charge in [0.15, 0.2) is 5.82 Å². The van der Waals surface area contributed by atoms with Crippen molar-refractivity contribution in [3.05, 3.63) is 84.7 Å². The van der Waals surface area contributed by atoms with Crippen LogP contribution in [0.15, 0.2) is 89.0 Å². The molecule has 0 aliphatic heterocycles. The molecule has 1 amide bonds. The van der Waals surface area contributed by atoms with Gasteiger partial charge in [-0.05, 0) is 54.8 Å². The number of amides is 1. The van der Waals surface area contributed by atoms with Crippen LogP contribution < -0.4 is 15.4 Å². The molecule has 0 aliphatic carbocycles. The monoisotopic (exact) mass is 539 g/mol. The van der Waals surface area contributed by atoms with Gasteiger partial charge in [-0.3, -0.25) is 14.3 Å². The molecule has 0 bridgehead atoms. The molecule has 0 radical (unpaired) electrons. The number of ether oxygens (including phenoxy) is 1. The molecule has 4 rings (SSSR count). The second-order valence-electron chi connectivity index (χ2n) is 7.24. The highest BCUT2D eigenvalue weighted by atomic mass is 32.2. The van der Waals surface area contributed by atoms with Gasteiger partial charge in [-0.25, -0.2) is 9.97 Å². The van der Waals surface area contributed by atoms with Crippen LogP contribution in [-0.2, 0) is 10.1 Å². The Hall–Kier alpha value is -4.00. The van der Waals surface area contributed by atoms with E-state index in [0.717, 1.165) is 11.3 Å². The first-order valence-electron chi connectivity index (χ1n) is 10.8. The minimum absolute atomic E-state index is 0.0741. The predicted molar refractivity (Wildman–Crippen MR) is 144 cm³/mol. The summed E-state index contributed by atoms with van der Waals surface area (Å²) in [7, 11) is -0.681. The lowest BCUT2D eigenvalue weighted by Gasteiger charge is -2.14. The number of pyridine rings is 1. The van der Waals surface area contributed by atoms with E-state index in [1.807, 2.05) is 18.4 Å². The number of benzene rings is 2. The molecule has 0 atom stereocenters. The second kappa shape index (κ2) is 12.8. The molecule has 2 aromatic heterocycles. The number of carbonyl (C=O) groups is 1. The number of carbonyl (C=O) groups excluding carboxylic acids is 1.